The summed E-state index contributed by atoms with van der Waals surface area (Å²) in [6.45, 7) is 1.11. The molecule has 13 nitrogen and oxygen atoms in total. The maximum Gasteiger partial charge on any atom is 0.435 e. The smallest absolute Gasteiger partial charge is 0.435 e. The molecule has 2 aromatic heterocycles. The van der Waals surface area contributed by atoms with E-state index in [0.29, 0.717) is 18.4 Å². The highest BCUT2D eigenvalue weighted by atomic mass is 32.1. The zero-order valence-electron chi connectivity index (χ0n) is 20.6. The van der Waals surface area contributed by atoms with Crippen LogP contribution in [0.5, 0.6) is 5.75 Å². The van der Waals surface area contributed by atoms with Gasteiger partial charge in [0.1, 0.15) is 11.4 Å². The summed E-state index contributed by atoms with van der Waals surface area (Å²) in [6, 6.07) is 5.19. The van der Waals surface area contributed by atoms with Gasteiger partial charge in [0.25, 0.3) is 5.91 Å². The van der Waals surface area contributed by atoms with Gasteiger partial charge in [-0.1, -0.05) is 10.2 Å². The summed E-state index contributed by atoms with van der Waals surface area (Å²) in [7, 11) is 0. The molecule has 1 fully saturated rings. The lowest BCUT2D eigenvalue weighted by Crippen LogP contribution is -2.44. The van der Waals surface area contributed by atoms with Gasteiger partial charge in [0.2, 0.25) is 0 Å². The molecule has 2 aliphatic carbocycles. The van der Waals surface area contributed by atoms with Crippen molar-refractivity contribution in [3.8, 4) is 5.75 Å². The van der Waals surface area contributed by atoms with Gasteiger partial charge in [-0.2, -0.15) is 9.78 Å². The number of thiophene rings is 1. The average Bonchev–Trinajstić information content (AvgIpc) is 3.49. The maximum atomic E-state index is 13.7. The molecule has 1 aromatic carbocycles. The van der Waals surface area contributed by atoms with Crippen molar-refractivity contribution in [3.05, 3.63) is 67.5 Å². The Morgan fingerprint density at radius 3 is 2.66 bits per heavy atom. The first-order valence-electron chi connectivity index (χ1n) is 12.2. The van der Waals surface area contributed by atoms with Crippen LogP contribution >= 0.6 is 11.3 Å². The minimum Gasteiger partial charge on any atom is -0.508 e. The predicted molar refractivity (Wildman–Crippen MR) is 139 cm³/mol. The number of phenols is 1. The number of fused-ring (bicyclic) bond motifs is 2. The summed E-state index contributed by atoms with van der Waals surface area (Å²) >= 11 is 1.44. The molecule has 0 bridgehead atoms. The van der Waals surface area contributed by atoms with Crippen LogP contribution in [-0.2, 0) is 17.6 Å². The van der Waals surface area contributed by atoms with Crippen LogP contribution in [0.1, 0.15) is 47.8 Å². The molecule has 3 aromatic rings. The van der Waals surface area contributed by atoms with E-state index in [1.807, 2.05) is 10.3 Å². The Balaban J connectivity index is 1.34. The molecular formula is C24H25N9O4S. The number of amides is 1. The van der Waals surface area contributed by atoms with Crippen LogP contribution in [0.3, 0.4) is 0 Å². The van der Waals surface area contributed by atoms with Crippen LogP contribution in [0.15, 0.2) is 40.0 Å². The van der Waals surface area contributed by atoms with Crippen LogP contribution in [0.2, 0.25) is 0 Å². The predicted octanol–water partition coefficient (Wildman–Crippen LogP) is 5.33. The number of azide groups is 2. The van der Waals surface area contributed by atoms with Crippen LogP contribution in [0.4, 0.5) is 4.79 Å². The van der Waals surface area contributed by atoms with Crippen LogP contribution in [0, 0.1) is 0 Å². The number of nitrogens with zero attached hydrogens (tertiary/aromatic N) is 9. The van der Waals surface area contributed by atoms with E-state index < -0.39 is 11.7 Å². The lowest BCUT2D eigenvalue weighted by atomic mass is 9.91. The summed E-state index contributed by atoms with van der Waals surface area (Å²) in [5.74, 6) is 0.153. The third kappa shape index (κ3) is 5.10. The van der Waals surface area contributed by atoms with Gasteiger partial charge in [-0.3, -0.25) is 4.79 Å². The zero-order valence-corrected chi connectivity index (χ0v) is 21.4. The molecule has 1 amide bonds. The van der Waals surface area contributed by atoms with Gasteiger partial charge in [0, 0.05) is 43.6 Å². The van der Waals surface area contributed by atoms with Crippen molar-refractivity contribution in [2.45, 2.75) is 56.7 Å². The monoisotopic (exact) mass is 535 g/mol. The summed E-state index contributed by atoms with van der Waals surface area (Å²) in [4.78, 5) is 34.0. The summed E-state index contributed by atoms with van der Waals surface area (Å²) in [6.07, 6.45) is 4.63. The molecule has 0 radical (unpaired) electrons. The number of hydrogen-bond acceptors (Lipinski definition) is 8. The summed E-state index contributed by atoms with van der Waals surface area (Å²) in [5.41, 5.74) is 18.3. The van der Waals surface area contributed by atoms with E-state index in [1.54, 1.807) is 24.4 Å². The fraction of sp³-hybridized carbons (Fsp3) is 0.458. The molecule has 5 rings (SSSR count). The van der Waals surface area contributed by atoms with E-state index in [0.717, 1.165) is 45.3 Å². The highest BCUT2D eigenvalue weighted by molar-refractivity contribution is 7.17. The molecule has 1 unspecified atom stereocenters. The molecular weight excluding hydrogens is 510 g/mol. The van der Waals surface area contributed by atoms with Crippen molar-refractivity contribution in [1.29, 1.82) is 0 Å². The topological polar surface area (TPSA) is 182 Å². The van der Waals surface area contributed by atoms with Gasteiger partial charge in [-0.05, 0) is 73.9 Å². The van der Waals surface area contributed by atoms with E-state index in [-0.39, 0.29) is 36.8 Å². The number of aryl methyl sites for hydroxylation is 1. The van der Waals surface area contributed by atoms with E-state index in [2.05, 4.69) is 25.2 Å². The molecule has 1 N–H and O–H groups in total. The van der Waals surface area contributed by atoms with Gasteiger partial charge in [-0.15, -0.1) is 11.3 Å². The van der Waals surface area contributed by atoms with Gasteiger partial charge in [0.05, 0.1) is 24.3 Å². The number of benzene rings is 1. The lowest BCUT2D eigenvalue weighted by Gasteiger charge is -2.34. The van der Waals surface area contributed by atoms with Crippen molar-refractivity contribution in [2.24, 2.45) is 10.2 Å². The van der Waals surface area contributed by atoms with Gasteiger partial charge in [0.15, 0.2) is 0 Å². The number of carbonyl (C=O) groups is 2. The SMILES string of the molecule is CC(CN=[N+]=[N-])(CN=[N+]=[N-])OC(=O)n1cc2c(n1)CCC(N(C(=O)c1csc3cc(O)ccc13)C1CC1)C2. The second kappa shape index (κ2) is 10.3. The molecule has 0 aliphatic heterocycles. The Kier molecular flexibility index (Phi) is 6.85. The van der Waals surface area contributed by atoms with E-state index in [9.17, 15) is 14.7 Å². The lowest BCUT2D eigenvalue weighted by molar-refractivity contribution is 0.0369. The standard InChI is InChI=1S/C24H25N9O4S/c1-24(12-27-30-25,13-28-31-26)37-23(36)32-10-14-8-16(4-7-20(14)29-32)33(15-2-3-15)22(35)19-11-38-21-9-17(34)5-6-18(19)21/h5-6,9-11,15-16,34H,2-4,7-8,12-13H2,1H3. The fourth-order valence-corrected chi connectivity index (χ4v) is 5.82. The second-order valence-electron chi connectivity index (χ2n) is 9.81. The van der Waals surface area contributed by atoms with Crippen molar-refractivity contribution in [1.82, 2.24) is 14.7 Å². The minimum atomic E-state index is -1.32. The second-order valence-corrected chi connectivity index (χ2v) is 10.7. The van der Waals surface area contributed by atoms with Crippen molar-refractivity contribution in [3.63, 3.8) is 0 Å². The number of aromatic nitrogens is 2. The molecule has 0 saturated heterocycles. The number of aromatic hydroxyl groups is 1. The van der Waals surface area contributed by atoms with Crippen LogP contribution in [-0.4, -0.2) is 62.6 Å². The Morgan fingerprint density at radius 2 is 1.97 bits per heavy atom. The third-order valence-electron chi connectivity index (χ3n) is 6.86. The quantitative estimate of drug-likeness (QED) is 0.232. The fourth-order valence-electron chi connectivity index (χ4n) is 4.86. The largest absolute Gasteiger partial charge is 0.508 e. The zero-order chi connectivity index (χ0) is 26.9. The van der Waals surface area contributed by atoms with Gasteiger partial charge >= 0.3 is 6.09 Å². The molecule has 14 heteroatoms. The van der Waals surface area contributed by atoms with Crippen molar-refractivity contribution in [2.75, 3.05) is 13.1 Å². The molecule has 196 valence electrons. The van der Waals surface area contributed by atoms with E-state index in [4.69, 9.17) is 15.8 Å². The van der Waals surface area contributed by atoms with Gasteiger partial charge in [-0.25, -0.2) is 4.79 Å². The Hall–Kier alpha value is -4.25. The number of rotatable bonds is 8. The maximum absolute atomic E-state index is 13.7. The van der Waals surface area contributed by atoms with Gasteiger partial charge < -0.3 is 14.7 Å². The number of hydrogen-bond donors (Lipinski definition) is 1. The Labute approximate surface area is 220 Å². The highest BCUT2D eigenvalue weighted by Gasteiger charge is 2.40. The summed E-state index contributed by atoms with van der Waals surface area (Å²) < 4.78 is 7.49. The molecule has 1 saturated carbocycles. The first-order valence-corrected chi connectivity index (χ1v) is 13.1. The number of phenolic OH excluding ortho intramolecular Hbond substituents is 1. The molecule has 1 atom stereocenters. The first-order chi connectivity index (χ1) is 18.3. The molecule has 2 aliphatic rings. The first kappa shape index (κ1) is 25.4. The minimum absolute atomic E-state index is 0.0171. The Morgan fingerprint density at radius 1 is 1.24 bits per heavy atom. The molecule has 0 spiro atoms. The molecule has 2 heterocycles. The van der Waals surface area contributed by atoms with Crippen molar-refractivity contribution < 1.29 is 19.4 Å². The average molecular weight is 536 g/mol. The van der Waals surface area contributed by atoms with E-state index in [1.165, 1.54) is 18.3 Å². The van der Waals surface area contributed by atoms with Crippen LogP contribution in [0.25, 0.3) is 31.0 Å². The normalized spacial score (nSPS) is 18.0. The van der Waals surface area contributed by atoms with E-state index >= 15 is 0 Å². The molecule has 38 heavy (non-hydrogen) atoms. The van der Waals surface area contributed by atoms with Crippen LogP contribution < -0.4 is 0 Å². The highest BCUT2D eigenvalue weighted by Crippen LogP contribution is 2.37. The van der Waals surface area contributed by atoms with Crippen molar-refractivity contribution >= 4 is 33.4 Å². The number of ether oxygens (including phenoxy) is 1. The third-order valence-corrected chi connectivity index (χ3v) is 7.81. The number of carbonyl (C=O) groups excluding carboxylic acids is 2. The Bertz CT molecular complexity index is 1480. The summed E-state index contributed by atoms with van der Waals surface area (Å²) in [5, 5.41) is 23.8.